The molecule has 0 bridgehead atoms. The van der Waals surface area contributed by atoms with E-state index in [0.29, 0.717) is 19.8 Å². The number of para-hydroxylation sites is 1. The minimum atomic E-state index is -4.01. The average Bonchev–Trinajstić information content (AvgIpc) is 3.59. The molecule has 0 atom stereocenters. The molecule has 15 nitrogen and oxygen atoms in total. The summed E-state index contributed by atoms with van der Waals surface area (Å²) in [7, 11) is 1.43. The second-order valence-electron chi connectivity index (χ2n) is 18.8. The number of ether oxygens (including phenoxy) is 1. The van der Waals surface area contributed by atoms with Gasteiger partial charge in [-0.25, -0.2) is 23.2 Å². The first-order valence-corrected chi connectivity index (χ1v) is 25.5. The maximum absolute atomic E-state index is 17.4. The fraction of sp³-hybridized carbons (Fsp3) is 0.236. The molecule has 0 spiro atoms. The lowest BCUT2D eigenvalue weighted by Gasteiger charge is -2.32. The molecule has 0 saturated heterocycles. The van der Waals surface area contributed by atoms with E-state index in [0.717, 1.165) is 86.5 Å². The second-order valence-corrected chi connectivity index (χ2v) is 20.0. The molecular weight excluding hydrogens is 1100 g/mol. The maximum atomic E-state index is 17.4. The van der Waals surface area contributed by atoms with Gasteiger partial charge in [0.15, 0.2) is 0 Å². The van der Waals surface area contributed by atoms with Crippen molar-refractivity contribution in [2.45, 2.75) is 49.7 Å². The molecule has 1 saturated carbocycles. The summed E-state index contributed by atoms with van der Waals surface area (Å²) in [4.78, 5) is 54.4. The van der Waals surface area contributed by atoms with Gasteiger partial charge in [-0.2, -0.15) is 32.5 Å². The zero-order valence-electron chi connectivity index (χ0n) is 41.5. The summed E-state index contributed by atoms with van der Waals surface area (Å²) >= 11 is 19.9. The highest BCUT2D eigenvalue weighted by Crippen LogP contribution is 2.43. The van der Waals surface area contributed by atoms with Crippen molar-refractivity contribution in [3.63, 3.8) is 0 Å². The molecule has 0 radical (unpaired) electrons. The number of aromatic nitrogens is 6. The van der Waals surface area contributed by atoms with E-state index in [4.69, 9.17) is 39.5 Å². The van der Waals surface area contributed by atoms with Crippen LogP contribution >= 0.6 is 34.8 Å². The van der Waals surface area contributed by atoms with Crippen LogP contribution in [0.4, 0.5) is 43.8 Å². The van der Waals surface area contributed by atoms with Gasteiger partial charge in [-0.1, -0.05) is 77.3 Å². The molecular formula is C55H44Cl3F6N9O6. The van der Waals surface area contributed by atoms with Crippen LogP contribution in [-0.2, 0) is 22.5 Å². The molecule has 10 rings (SSSR count). The molecule has 3 heterocycles. The quantitative estimate of drug-likeness (QED) is 0.0429. The first-order valence-electron chi connectivity index (χ1n) is 24.3. The van der Waals surface area contributed by atoms with Gasteiger partial charge in [0.2, 0.25) is 0 Å². The number of rotatable bonds is 17. The minimum absolute atomic E-state index is 0.00748. The summed E-state index contributed by atoms with van der Waals surface area (Å²) in [5.41, 5.74) is -7.41. The molecule has 79 heavy (non-hydrogen) atoms. The molecule has 0 aliphatic heterocycles. The molecule has 408 valence electrons. The number of hydrogen-bond donors (Lipinski definition) is 5. The molecule has 9 aromatic rings. The number of halogens is 9. The van der Waals surface area contributed by atoms with Gasteiger partial charge in [0.25, 0.3) is 17.8 Å². The van der Waals surface area contributed by atoms with Crippen molar-refractivity contribution in [2.24, 2.45) is 0 Å². The van der Waals surface area contributed by atoms with Crippen LogP contribution in [0.15, 0.2) is 130 Å². The minimum Gasteiger partial charge on any atom is -0.395 e. The standard InChI is InChI=1S/C55H44Cl3F6N9O6/c1-53(59,60)28-7-12-37-42(21-28)72(52(78)70-49(37)67-33-26-34(75)27-33)45-24-31(10-15-39(45)57)55(63,64)30-9-14-36-44(23-30)73(51(77)69-48(36)66-18-20-79-2)46-25-32(11-16-40(46)58)54(61,62)29-8-13-35-43(22-29)71(41-6-4-3-5-38(41)56)50(76)68-47(35)65-17-19-74/h3-16,21-25,33-34,74-75H,17-20,26-27H2,1-2H3,(H,65,68,76)(H,66,69,77)(H,67,70,78). The first kappa shape index (κ1) is 54.8. The third-order valence-corrected chi connectivity index (χ3v) is 14.5. The predicted octanol–water partition coefficient (Wildman–Crippen LogP) is 10.5. The molecule has 1 aliphatic rings. The van der Waals surface area contributed by atoms with Crippen LogP contribution in [0.5, 0.6) is 0 Å². The fourth-order valence-corrected chi connectivity index (χ4v) is 10.1. The highest BCUT2D eigenvalue weighted by atomic mass is 35.5. The maximum Gasteiger partial charge on any atom is 0.354 e. The van der Waals surface area contributed by atoms with Crippen molar-refractivity contribution in [3.05, 3.63) is 190 Å². The van der Waals surface area contributed by atoms with Crippen LogP contribution in [0.25, 0.3) is 49.8 Å². The molecule has 1 fully saturated rings. The van der Waals surface area contributed by atoms with E-state index in [-0.39, 0.29) is 115 Å². The zero-order chi connectivity index (χ0) is 56.3. The van der Waals surface area contributed by atoms with Crippen molar-refractivity contribution in [2.75, 3.05) is 49.4 Å². The summed E-state index contributed by atoms with van der Waals surface area (Å²) in [5, 5.41) is 28.3. The molecule has 6 aromatic carbocycles. The fourth-order valence-electron chi connectivity index (χ4n) is 9.49. The first-order chi connectivity index (χ1) is 37.6. The summed E-state index contributed by atoms with van der Waals surface area (Å²) in [5.74, 6) is -11.4. The van der Waals surface area contributed by atoms with Crippen LogP contribution in [-0.4, -0.2) is 84.4 Å². The predicted molar refractivity (Wildman–Crippen MR) is 291 cm³/mol. The Hall–Kier alpha value is -7.53. The lowest BCUT2D eigenvalue weighted by molar-refractivity contribution is 0.0175. The third-order valence-electron chi connectivity index (χ3n) is 13.6. The number of fused-ring (bicyclic) bond motifs is 3. The van der Waals surface area contributed by atoms with Gasteiger partial charge in [-0.3, -0.25) is 13.7 Å². The van der Waals surface area contributed by atoms with Crippen molar-refractivity contribution in [3.8, 4) is 17.1 Å². The Morgan fingerprint density at radius 3 is 1.44 bits per heavy atom. The van der Waals surface area contributed by atoms with E-state index in [1.807, 2.05) is 0 Å². The van der Waals surface area contributed by atoms with Gasteiger partial charge in [-0.15, -0.1) is 0 Å². The number of hydrogen-bond acceptors (Lipinski definition) is 12. The second kappa shape index (κ2) is 21.3. The number of aliphatic hydroxyl groups excluding tert-OH is 2. The van der Waals surface area contributed by atoms with E-state index >= 15 is 17.6 Å². The molecule has 3 aromatic heterocycles. The Balaban J connectivity index is 1.11. The van der Waals surface area contributed by atoms with Crippen molar-refractivity contribution in [1.29, 1.82) is 0 Å². The number of benzene rings is 6. The monoisotopic (exact) mass is 1150 g/mol. The average molecular weight is 1150 g/mol. The number of alkyl halides is 6. The Kier molecular flexibility index (Phi) is 14.8. The molecule has 5 N–H and O–H groups in total. The van der Waals surface area contributed by atoms with Gasteiger partial charge in [0, 0.05) is 77.1 Å². The Bertz CT molecular complexity index is 4080. The van der Waals surface area contributed by atoms with E-state index in [2.05, 4.69) is 30.9 Å². The van der Waals surface area contributed by atoms with E-state index in [1.54, 1.807) is 12.1 Å². The van der Waals surface area contributed by atoms with Crippen LogP contribution in [0.3, 0.4) is 0 Å². The molecule has 1 aliphatic carbocycles. The van der Waals surface area contributed by atoms with Crippen molar-refractivity contribution >= 4 is 85.0 Å². The Labute approximate surface area is 458 Å². The zero-order valence-corrected chi connectivity index (χ0v) is 43.7. The Morgan fingerprint density at radius 2 is 0.975 bits per heavy atom. The number of anilines is 3. The Morgan fingerprint density at radius 1 is 0.570 bits per heavy atom. The van der Waals surface area contributed by atoms with E-state index in [9.17, 15) is 33.4 Å². The number of nitrogens with one attached hydrogen (secondary N) is 3. The lowest BCUT2D eigenvalue weighted by Crippen LogP contribution is -2.40. The lowest BCUT2D eigenvalue weighted by atomic mass is 9.89. The highest BCUT2D eigenvalue weighted by Gasteiger charge is 2.38. The van der Waals surface area contributed by atoms with E-state index in [1.165, 1.54) is 37.4 Å². The number of methoxy groups -OCH3 is 1. The number of nitrogens with zero attached hydrogens (tertiary/aromatic N) is 6. The summed E-state index contributed by atoms with van der Waals surface area (Å²) < 4.78 is 107. The van der Waals surface area contributed by atoms with Crippen molar-refractivity contribution < 1.29 is 41.3 Å². The van der Waals surface area contributed by atoms with Crippen LogP contribution in [0.1, 0.15) is 47.6 Å². The van der Waals surface area contributed by atoms with Crippen molar-refractivity contribution in [1.82, 2.24) is 28.7 Å². The van der Waals surface area contributed by atoms with Gasteiger partial charge in [-0.05, 0) is 85.6 Å². The van der Waals surface area contributed by atoms with Crippen LogP contribution in [0.2, 0.25) is 15.1 Å². The van der Waals surface area contributed by atoms with Gasteiger partial charge < -0.3 is 30.9 Å². The van der Waals surface area contributed by atoms with Crippen LogP contribution < -0.4 is 33.0 Å². The summed E-state index contributed by atoms with van der Waals surface area (Å²) in [6.07, 6.45) is 0.0768. The topological polar surface area (TPSA) is 190 Å². The highest BCUT2D eigenvalue weighted by molar-refractivity contribution is 6.33. The largest absolute Gasteiger partial charge is 0.395 e. The van der Waals surface area contributed by atoms with Gasteiger partial charge in [0.1, 0.15) is 17.5 Å². The summed E-state index contributed by atoms with van der Waals surface area (Å²) in [6.45, 7) is 0.524. The molecule has 0 unspecified atom stereocenters. The van der Waals surface area contributed by atoms with Gasteiger partial charge >= 0.3 is 17.1 Å². The SMILES string of the molecule is COCCNc1nc(=O)n(-c2cc(C(F)(F)c3ccc4c(NCCO)nc(=O)n(-c5ccccc5Cl)c4c3)ccc2Cl)c2cc(C(F)(F)c3ccc(Cl)c(-n4c(=O)nc(NC5CC(O)C5)c5ccc(C(C)(F)F)cc54)c3)ccc12. The van der Waals surface area contributed by atoms with Gasteiger partial charge in [0.05, 0.1) is 68.0 Å². The summed E-state index contributed by atoms with van der Waals surface area (Å²) in [6, 6.07) is 22.2. The number of aliphatic hydroxyl groups is 2. The van der Waals surface area contributed by atoms with Crippen LogP contribution in [0, 0.1) is 0 Å². The molecule has 24 heteroatoms. The normalized spacial score (nSPS) is 14.9. The smallest absolute Gasteiger partial charge is 0.354 e. The molecule has 0 amide bonds. The third kappa shape index (κ3) is 10.3. The van der Waals surface area contributed by atoms with E-state index < -0.39 is 68.8 Å².